The van der Waals surface area contributed by atoms with Crippen molar-refractivity contribution in [1.82, 2.24) is 19.7 Å². The van der Waals surface area contributed by atoms with E-state index in [1.165, 1.54) is 28.7 Å². The van der Waals surface area contributed by atoms with E-state index < -0.39 is 0 Å². The van der Waals surface area contributed by atoms with Gasteiger partial charge >= 0.3 is 0 Å². The summed E-state index contributed by atoms with van der Waals surface area (Å²) in [7, 11) is 0. The highest BCUT2D eigenvalue weighted by Gasteiger charge is 2.16. The molecule has 0 fully saturated rings. The van der Waals surface area contributed by atoms with Gasteiger partial charge in [-0.2, -0.15) is 0 Å². The minimum absolute atomic E-state index is 0.157. The molecule has 2 amide bonds. The first kappa shape index (κ1) is 23.9. The minimum atomic E-state index is -0.373. The fourth-order valence-electron chi connectivity index (χ4n) is 3.05. The zero-order chi connectivity index (χ0) is 23.1. The second kappa shape index (κ2) is 11.2. The normalized spacial score (nSPS) is 11.1. The lowest BCUT2D eigenvalue weighted by Gasteiger charge is -2.12. The summed E-state index contributed by atoms with van der Waals surface area (Å²) in [5, 5.41) is 14.4. The summed E-state index contributed by atoms with van der Waals surface area (Å²) in [6.07, 6.45) is 1.64. The van der Waals surface area contributed by atoms with Crippen LogP contribution in [0, 0.1) is 5.92 Å². The van der Waals surface area contributed by atoms with Crippen molar-refractivity contribution in [1.29, 1.82) is 0 Å². The Bertz CT molecular complexity index is 1060. The number of anilines is 1. The summed E-state index contributed by atoms with van der Waals surface area (Å²) < 4.78 is 1.97. The molecule has 0 radical (unpaired) electrons. The molecule has 0 spiro atoms. The number of thiazole rings is 1. The maximum atomic E-state index is 12.5. The Morgan fingerprint density at radius 2 is 1.97 bits per heavy atom. The number of hydrogen-bond acceptors (Lipinski definition) is 7. The molecule has 0 bridgehead atoms. The molecule has 0 aliphatic rings. The predicted octanol–water partition coefficient (Wildman–Crippen LogP) is 3.77. The number of amides is 2. The van der Waals surface area contributed by atoms with Crippen molar-refractivity contribution in [2.45, 2.75) is 51.7 Å². The van der Waals surface area contributed by atoms with Gasteiger partial charge < -0.3 is 15.6 Å². The molecule has 3 rings (SSSR count). The smallest absolute Gasteiger partial charge is 0.236 e. The van der Waals surface area contributed by atoms with Gasteiger partial charge in [-0.15, -0.1) is 21.5 Å². The fraction of sp³-hybridized carbons (Fsp3) is 0.409. The third-order valence-electron chi connectivity index (χ3n) is 4.68. The fourth-order valence-corrected chi connectivity index (χ4v) is 4.56. The Morgan fingerprint density at radius 3 is 2.62 bits per heavy atom. The van der Waals surface area contributed by atoms with E-state index in [1.54, 1.807) is 0 Å². The topological polar surface area (TPSA) is 116 Å². The molecule has 170 valence electrons. The SMILES string of the molecule is CCc1ccc(-c2csc(NC(=O)CSc3nnc(CCC(N)=O)n3CC(C)C)n2)cc1. The van der Waals surface area contributed by atoms with Crippen molar-refractivity contribution in [2.24, 2.45) is 11.7 Å². The van der Waals surface area contributed by atoms with E-state index >= 15 is 0 Å². The molecule has 0 aliphatic carbocycles. The van der Waals surface area contributed by atoms with Crippen molar-refractivity contribution in [3.8, 4) is 11.3 Å². The molecule has 0 atom stereocenters. The molecule has 0 saturated carbocycles. The molecule has 3 N–H and O–H groups in total. The predicted molar refractivity (Wildman–Crippen MR) is 129 cm³/mol. The number of nitrogens with two attached hydrogens (primary N) is 1. The van der Waals surface area contributed by atoms with Gasteiger partial charge in [0.2, 0.25) is 11.8 Å². The van der Waals surface area contributed by atoms with Crippen molar-refractivity contribution in [3.05, 3.63) is 41.0 Å². The van der Waals surface area contributed by atoms with E-state index in [1.807, 2.05) is 22.1 Å². The standard InChI is InChI=1S/C22H28N6O2S2/c1-4-15-5-7-16(8-6-15)17-12-31-21(24-17)25-20(30)13-32-22-27-26-19(10-9-18(23)29)28(22)11-14(2)3/h5-8,12,14H,4,9-11,13H2,1-3H3,(H2,23,29)(H,24,25,30). The summed E-state index contributed by atoms with van der Waals surface area (Å²) >= 11 is 2.72. The first-order chi connectivity index (χ1) is 15.4. The Morgan fingerprint density at radius 1 is 1.22 bits per heavy atom. The molecule has 0 unspecified atom stereocenters. The number of hydrogen-bond donors (Lipinski definition) is 2. The van der Waals surface area contributed by atoms with Crippen LogP contribution in [-0.4, -0.2) is 37.3 Å². The molecular formula is C22H28N6O2S2. The summed E-state index contributed by atoms with van der Waals surface area (Å²) in [5.74, 6) is 0.731. The third kappa shape index (κ3) is 6.64. The number of rotatable bonds is 11. The van der Waals surface area contributed by atoms with Crippen LogP contribution in [0.3, 0.4) is 0 Å². The number of thioether (sulfide) groups is 1. The van der Waals surface area contributed by atoms with Crippen LogP contribution in [0.5, 0.6) is 0 Å². The molecule has 3 aromatic rings. The van der Waals surface area contributed by atoms with Crippen LogP contribution in [0.1, 0.15) is 38.6 Å². The lowest BCUT2D eigenvalue weighted by molar-refractivity contribution is -0.118. The van der Waals surface area contributed by atoms with Crippen molar-refractivity contribution < 1.29 is 9.59 Å². The number of benzene rings is 1. The highest BCUT2D eigenvalue weighted by atomic mass is 32.2. The quantitative estimate of drug-likeness (QED) is 0.411. The maximum Gasteiger partial charge on any atom is 0.236 e. The van der Waals surface area contributed by atoms with Gasteiger partial charge in [0.1, 0.15) is 5.82 Å². The zero-order valence-corrected chi connectivity index (χ0v) is 20.1. The monoisotopic (exact) mass is 472 g/mol. The molecule has 0 aliphatic heterocycles. The highest BCUT2D eigenvalue weighted by molar-refractivity contribution is 7.99. The number of aryl methyl sites for hydroxylation is 2. The van der Waals surface area contributed by atoms with E-state index in [9.17, 15) is 9.59 Å². The average Bonchev–Trinajstić information content (AvgIpc) is 3.37. The first-order valence-electron chi connectivity index (χ1n) is 10.5. The van der Waals surface area contributed by atoms with Crippen LogP contribution in [0.25, 0.3) is 11.3 Å². The zero-order valence-electron chi connectivity index (χ0n) is 18.5. The van der Waals surface area contributed by atoms with Crippen LogP contribution in [0.15, 0.2) is 34.8 Å². The third-order valence-corrected chi connectivity index (χ3v) is 6.40. The van der Waals surface area contributed by atoms with Crippen LogP contribution < -0.4 is 11.1 Å². The molecule has 32 heavy (non-hydrogen) atoms. The highest BCUT2D eigenvalue weighted by Crippen LogP contribution is 2.26. The van der Waals surface area contributed by atoms with Crippen LogP contribution >= 0.6 is 23.1 Å². The average molecular weight is 473 g/mol. The lowest BCUT2D eigenvalue weighted by atomic mass is 10.1. The lowest BCUT2D eigenvalue weighted by Crippen LogP contribution is -2.16. The molecule has 2 heterocycles. The Kier molecular flexibility index (Phi) is 8.40. The molecular weight excluding hydrogens is 444 g/mol. The van der Waals surface area contributed by atoms with E-state index in [4.69, 9.17) is 5.73 Å². The second-order valence-electron chi connectivity index (χ2n) is 7.79. The van der Waals surface area contributed by atoms with Gasteiger partial charge in [0, 0.05) is 30.3 Å². The van der Waals surface area contributed by atoms with E-state index in [0.717, 1.165) is 17.7 Å². The van der Waals surface area contributed by atoms with Gasteiger partial charge in [0.15, 0.2) is 10.3 Å². The van der Waals surface area contributed by atoms with Crippen molar-refractivity contribution in [3.63, 3.8) is 0 Å². The summed E-state index contributed by atoms with van der Waals surface area (Å²) in [4.78, 5) is 28.1. The van der Waals surface area contributed by atoms with Gasteiger partial charge in [0.25, 0.3) is 0 Å². The summed E-state index contributed by atoms with van der Waals surface area (Å²) in [6, 6.07) is 8.28. The Hall–Kier alpha value is -2.72. The van der Waals surface area contributed by atoms with Crippen LogP contribution in [-0.2, 0) is 29.0 Å². The van der Waals surface area contributed by atoms with E-state index in [2.05, 4.69) is 53.4 Å². The van der Waals surface area contributed by atoms with Crippen molar-refractivity contribution in [2.75, 3.05) is 11.1 Å². The van der Waals surface area contributed by atoms with Crippen molar-refractivity contribution >= 4 is 40.0 Å². The molecule has 1 aromatic carbocycles. The number of nitrogens with zero attached hydrogens (tertiary/aromatic N) is 4. The van der Waals surface area contributed by atoms with Crippen LogP contribution in [0.2, 0.25) is 0 Å². The van der Waals surface area contributed by atoms with Gasteiger partial charge in [-0.3, -0.25) is 9.59 Å². The van der Waals surface area contributed by atoms with Gasteiger partial charge in [-0.1, -0.05) is 56.8 Å². The number of primary amides is 1. The van der Waals surface area contributed by atoms with E-state index in [0.29, 0.717) is 35.0 Å². The van der Waals surface area contributed by atoms with E-state index in [-0.39, 0.29) is 24.0 Å². The Balaban J connectivity index is 1.60. The molecule has 0 saturated heterocycles. The number of carbonyl (C=O) groups is 2. The number of carbonyl (C=O) groups excluding carboxylic acids is 2. The van der Waals surface area contributed by atoms with Gasteiger partial charge in [0.05, 0.1) is 11.4 Å². The Labute approximate surface area is 196 Å². The van der Waals surface area contributed by atoms with Gasteiger partial charge in [-0.05, 0) is 17.9 Å². The summed E-state index contributed by atoms with van der Waals surface area (Å²) in [6.45, 7) is 7.01. The summed E-state index contributed by atoms with van der Waals surface area (Å²) in [5.41, 5.74) is 8.41. The number of nitrogens with one attached hydrogen (secondary N) is 1. The number of aromatic nitrogens is 4. The largest absolute Gasteiger partial charge is 0.370 e. The molecule has 2 aromatic heterocycles. The van der Waals surface area contributed by atoms with Crippen LogP contribution in [0.4, 0.5) is 5.13 Å². The van der Waals surface area contributed by atoms with Gasteiger partial charge in [-0.25, -0.2) is 4.98 Å². The maximum absolute atomic E-state index is 12.5. The molecule has 10 heteroatoms. The first-order valence-corrected chi connectivity index (χ1v) is 12.4. The minimum Gasteiger partial charge on any atom is -0.370 e. The second-order valence-corrected chi connectivity index (χ2v) is 9.60. The molecule has 8 nitrogen and oxygen atoms in total.